The summed E-state index contributed by atoms with van der Waals surface area (Å²) < 4.78 is 10.9. The zero-order valence-corrected chi connectivity index (χ0v) is 19.5. The van der Waals surface area contributed by atoms with E-state index in [0.29, 0.717) is 13.2 Å². The van der Waals surface area contributed by atoms with Gasteiger partial charge in [0.15, 0.2) is 0 Å². The van der Waals surface area contributed by atoms with Crippen molar-refractivity contribution in [1.82, 2.24) is 4.90 Å². The predicted octanol–water partition coefficient (Wildman–Crippen LogP) is 5.63. The molecule has 2 aromatic rings. The number of unbranched alkanes of at least 4 members (excludes halogenated alkanes) is 1. The van der Waals surface area contributed by atoms with Crippen LogP contribution >= 0.6 is 0 Å². The topological polar surface area (TPSA) is 55.8 Å². The summed E-state index contributed by atoms with van der Waals surface area (Å²) in [5.41, 5.74) is 4.65. The number of rotatable bonds is 8. The second-order valence-corrected chi connectivity index (χ2v) is 8.86. The Morgan fingerprint density at radius 2 is 1.73 bits per heavy atom. The third-order valence-electron chi connectivity index (χ3n) is 6.73. The molecular weight excluding hydrogens is 414 g/mol. The number of carbonyl (C=O) groups is 2. The van der Waals surface area contributed by atoms with E-state index in [4.69, 9.17) is 9.47 Å². The number of fused-ring (bicyclic) bond motifs is 1. The highest BCUT2D eigenvalue weighted by molar-refractivity contribution is 5.85. The number of likely N-dealkylation sites (tertiary alicyclic amines) is 1. The van der Waals surface area contributed by atoms with Crippen molar-refractivity contribution in [3.63, 3.8) is 0 Å². The summed E-state index contributed by atoms with van der Waals surface area (Å²) in [5.74, 6) is -0.223. The van der Waals surface area contributed by atoms with Crippen LogP contribution in [0.3, 0.4) is 0 Å². The minimum atomic E-state index is -0.615. The monoisotopic (exact) mass is 447 g/mol. The second kappa shape index (κ2) is 10.7. The molecule has 0 spiro atoms. The van der Waals surface area contributed by atoms with Crippen molar-refractivity contribution >= 4 is 17.6 Å². The molecule has 0 aromatic heterocycles. The summed E-state index contributed by atoms with van der Waals surface area (Å²) in [7, 11) is 0. The summed E-state index contributed by atoms with van der Waals surface area (Å²) in [6.45, 7) is 4.93. The van der Waals surface area contributed by atoms with Crippen molar-refractivity contribution in [2.45, 2.75) is 52.2 Å². The average molecular weight is 448 g/mol. The van der Waals surface area contributed by atoms with Crippen LogP contribution in [0.1, 0.15) is 49.8 Å². The molecule has 1 amide bonds. The summed E-state index contributed by atoms with van der Waals surface area (Å²) in [4.78, 5) is 27.5. The molecule has 0 radical (unpaired) electrons. The minimum Gasteiger partial charge on any atom is -0.464 e. The first-order chi connectivity index (χ1) is 16.1. The summed E-state index contributed by atoms with van der Waals surface area (Å²) in [6.07, 6.45) is 5.99. The van der Waals surface area contributed by atoms with Crippen LogP contribution < -0.4 is 0 Å². The van der Waals surface area contributed by atoms with Crippen LogP contribution in [-0.2, 0) is 27.3 Å². The van der Waals surface area contributed by atoms with Crippen molar-refractivity contribution < 1.29 is 19.1 Å². The predicted molar refractivity (Wildman–Crippen MR) is 128 cm³/mol. The normalized spacial score (nSPS) is 21.5. The Labute approximate surface area is 196 Å². The van der Waals surface area contributed by atoms with E-state index in [2.05, 4.69) is 37.3 Å². The molecule has 3 atom stereocenters. The summed E-state index contributed by atoms with van der Waals surface area (Å²) >= 11 is 0. The Hall–Kier alpha value is -3.08. The highest BCUT2D eigenvalue weighted by Gasteiger charge is 2.52. The van der Waals surface area contributed by atoms with Crippen molar-refractivity contribution in [2.24, 2.45) is 11.8 Å². The largest absolute Gasteiger partial charge is 0.464 e. The van der Waals surface area contributed by atoms with Gasteiger partial charge in [0.25, 0.3) is 0 Å². The van der Waals surface area contributed by atoms with Gasteiger partial charge in [0.05, 0.1) is 6.61 Å². The second-order valence-electron chi connectivity index (χ2n) is 8.86. The van der Waals surface area contributed by atoms with E-state index in [0.717, 1.165) is 18.4 Å². The van der Waals surface area contributed by atoms with Crippen LogP contribution in [0.5, 0.6) is 0 Å². The Morgan fingerprint density at radius 3 is 2.42 bits per heavy atom. The molecule has 33 heavy (non-hydrogen) atoms. The van der Waals surface area contributed by atoms with Crippen molar-refractivity contribution in [2.75, 3.05) is 13.2 Å². The maximum Gasteiger partial charge on any atom is 0.410 e. The van der Waals surface area contributed by atoms with Gasteiger partial charge in [-0.1, -0.05) is 74.0 Å². The zero-order valence-electron chi connectivity index (χ0n) is 19.5. The molecule has 5 nitrogen and oxygen atoms in total. The number of ether oxygens (including phenoxy) is 2. The molecular formula is C28H33NO4. The van der Waals surface area contributed by atoms with Crippen molar-refractivity contribution in [3.8, 4) is 0 Å². The third-order valence-corrected chi connectivity index (χ3v) is 6.73. The molecule has 1 aliphatic heterocycles. The lowest BCUT2D eigenvalue weighted by Gasteiger charge is -2.25. The van der Waals surface area contributed by atoms with Gasteiger partial charge in [-0.05, 0) is 48.4 Å². The van der Waals surface area contributed by atoms with Gasteiger partial charge in [0, 0.05) is 18.4 Å². The van der Waals surface area contributed by atoms with Crippen LogP contribution in [0.4, 0.5) is 4.79 Å². The summed E-state index contributed by atoms with van der Waals surface area (Å²) in [6, 6.07) is 17.7. The molecule has 174 valence electrons. The number of hydrogen-bond acceptors (Lipinski definition) is 4. The van der Waals surface area contributed by atoms with E-state index in [1.165, 1.54) is 29.5 Å². The molecule has 0 bridgehead atoms. The third kappa shape index (κ3) is 5.13. The quantitative estimate of drug-likeness (QED) is 0.492. The van der Waals surface area contributed by atoms with Gasteiger partial charge < -0.3 is 9.47 Å². The number of aryl methyl sites for hydroxylation is 1. The number of amides is 1. The first-order valence-corrected chi connectivity index (χ1v) is 12.1. The van der Waals surface area contributed by atoms with Crippen LogP contribution in [0.15, 0.2) is 60.7 Å². The molecule has 1 heterocycles. The van der Waals surface area contributed by atoms with E-state index in [1.54, 1.807) is 11.8 Å². The van der Waals surface area contributed by atoms with Gasteiger partial charge in [0.1, 0.15) is 12.6 Å². The van der Waals surface area contributed by atoms with Gasteiger partial charge in [-0.3, -0.25) is 4.90 Å². The van der Waals surface area contributed by atoms with Crippen molar-refractivity contribution in [3.05, 3.63) is 77.4 Å². The standard InChI is InChI=1S/C28H33NO4/c1-3-5-9-20-12-14-22(15-13-20)23-16-17-24-25(23)18-29(26(24)27(30)32-4-2)28(31)33-19-21-10-7-6-8-11-21/h6-8,10-16,24-26H,3-5,9,17-19H2,1-2H3/t24-,25+,26-/m0/s1. The molecule has 5 heteroatoms. The summed E-state index contributed by atoms with van der Waals surface area (Å²) in [5, 5.41) is 0. The maximum absolute atomic E-state index is 13.0. The van der Waals surface area contributed by atoms with Crippen molar-refractivity contribution in [1.29, 1.82) is 0 Å². The average Bonchev–Trinajstić information content (AvgIpc) is 3.42. The number of nitrogens with zero attached hydrogens (tertiary/aromatic N) is 1. The highest BCUT2D eigenvalue weighted by atomic mass is 16.6. The molecule has 0 saturated carbocycles. The van der Waals surface area contributed by atoms with Gasteiger partial charge >= 0.3 is 12.1 Å². The molecule has 1 fully saturated rings. The van der Waals surface area contributed by atoms with E-state index >= 15 is 0 Å². The Bertz CT molecular complexity index is 983. The number of allylic oxidation sites excluding steroid dienone is 1. The molecule has 4 rings (SSSR count). The molecule has 1 aliphatic carbocycles. The SMILES string of the molecule is CCCCc1ccc(C2=CC[C@H]3[C@@H]2CN(C(=O)OCc2ccccc2)[C@@H]3C(=O)OCC)cc1. The Morgan fingerprint density at radius 1 is 0.970 bits per heavy atom. The molecule has 0 N–H and O–H groups in total. The molecule has 1 saturated heterocycles. The smallest absolute Gasteiger partial charge is 0.410 e. The lowest BCUT2D eigenvalue weighted by Crippen LogP contribution is -2.44. The fourth-order valence-electron chi connectivity index (χ4n) is 5.05. The lowest BCUT2D eigenvalue weighted by atomic mass is 9.87. The highest BCUT2D eigenvalue weighted by Crippen LogP contribution is 2.46. The van der Waals surface area contributed by atoms with Gasteiger partial charge in [-0.2, -0.15) is 0 Å². The van der Waals surface area contributed by atoms with Crippen LogP contribution in [0, 0.1) is 11.8 Å². The lowest BCUT2D eigenvalue weighted by molar-refractivity contribution is -0.149. The Balaban J connectivity index is 1.50. The van der Waals surface area contributed by atoms with Gasteiger partial charge in [-0.15, -0.1) is 0 Å². The number of benzene rings is 2. The number of hydrogen-bond donors (Lipinski definition) is 0. The fraction of sp³-hybridized carbons (Fsp3) is 0.429. The van der Waals surface area contributed by atoms with Crippen LogP contribution in [0.25, 0.3) is 5.57 Å². The molecule has 2 aromatic carbocycles. The first-order valence-electron chi connectivity index (χ1n) is 12.1. The van der Waals surface area contributed by atoms with Crippen LogP contribution in [-0.4, -0.2) is 36.2 Å². The molecule has 0 unspecified atom stereocenters. The maximum atomic E-state index is 13.0. The number of esters is 1. The van der Waals surface area contributed by atoms with Gasteiger partial charge in [0.2, 0.25) is 0 Å². The van der Waals surface area contributed by atoms with E-state index in [1.807, 2.05) is 30.3 Å². The van der Waals surface area contributed by atoms with E-state index < -0.39 is 12.1 Å². The molecule has 2 aliphatic rings. The van der Waals surface area contributed by atoms with E-state index in [-0.39, 0.29) is 24.4 Å². The van der Waals surface area contributed by atoms with E-state index in [9.17, 15) is 9.59 Å². The number of carbonyl (C=O) groups excluding carboxylic acids is 2. The van der Waals surface area contributed by atoms with Gasteiger partial charge in [-0.25, -0.2) is 9.59 Å². The Kier molecular flexibility index (Phi) is 7.48. The zero-order chi connectivity index (χ0) is 23.2. The first kappa shape index (κ1) is 23.1. The fourth-order valence-corrected chi connectivity index (χ4v) is 5.05. The van der Waals surface area contributed by atoms with Crippen LogP contribution in [0.2, 0.25) is 0 Å². The minimum absolute atomic E-state index is 0.0168.